The van der Waals surface area contributed by atoms with Crippen molar-refractivity contribution in [3.05, 3.63) is 24.0 Å². The molecule has 3 nitrogen and oxygen atoms in total. The third-order valence-corrected chi connectivity index (χ3v) is 3.11. The molecule has 0 spiro atoms. The maximum Gasteiger partial charge on any atom is 0.133 e. The lowest BCUT2D eigenvalue weighted by Crippen LogP contribution is -2.36. The van der Waals surface area contributed by atoms with E-state index in [-0.39, 0.29) is 5.75 Å². The molecule has 0 bridgehead atoms. The molecule has 0 radical (unpaired) electrons. The van der Waals surface area contributed by atoms with Gasteiger partial charge in [0.15, 0.2) is 0 Å². The lowest BCUT2D eigenvalue weighted by atomic mass is 10.0. The van der Waals surface area contributed by atoms with Crippen LogP contribution in [0.4, 0.5) is 0 Å². The number of piperidine rings is 1. The molecular formula is C12H18N2O. The maximum atomic E-state index is 9.14. The monoisotopic (exact) mass is 206 g/mol. The van der Waals surface area contributed by atoms with Gasteiger partial charge in [-0.15, -0.1) is 0 Å². The van der Waals surface area contributed by atoms with Crippen molar-refractivity contribution < 1.29 is 5.11 Å². The summed E-state index contributed by atoms with van der Waals surface area (Å²) in [5, 5.41) is 9.14. The third-order valence-electron chi connectivity index (χ3n) is 3.11. The summed E-state index contributed by atoms with van der Waals surface area (Å²) in [7, 11) is 0. The number of hydrogen-bond acceptors (Lipinski definition) is 3. The van der Waals surface area contributed by atoms with Crippen molar-refractivity contribution in [2.45, 2.75) is 38.8 Å². The minimum atomic E-state index is 0.241. The van der Waals surface area contributed by atoms with E-state index in [0.717, 1.165) is 12.2 Å². The van der Waals surface area contributed by atoms with Gasteiger partial charge in [0.1, 0.15) is 5.75 Å². The summed E-state index contributed by atoms with van der Waals surface area (Å²) in [5.74, 6) is 0.241. The highest BCUT2D eigenvalue weighted by molar-refractivity contribution is 5.17. The van der Waals surface area contributed by atoms with Gasteiger partial charge in [0, 0.05) is 12.6 Å². The summed E-state index contributed by atoms with van der Waals surface area (Å²) in [6.07, 6.45) is 5.45. The standard InChI is InChI=1S/C12H18N2O/c1-10-4-2-3-7-14(10)9-11-5-6-12(15)8-13-11/h5-6,8,10,15H,2-4,7,9H2,1H3. The molecule has 2 heterocycles. The van der Waals surface area contributed by atoms with E-state index in [9.17, 15) is 0 Å². The highest BCUT2D eigenvalue weighted by Crippen LogP contribution is 2.18. The predicted octanol–water partition coefficient (Wildman–Crippen LogP) is 2.16. The second-order valence-electron chi connectivity index (χ2n) is 4.32. The molecule has 1 aromatic heterocycles. The van der Waals surface area contributed by atoms with Gasteiger partial charge in [-0.05, 0) is 38.4 Å². The van der Waals surface area contributed by atoms with E-state index in [1.165, 1.54) is 32.0 Å². The molecule has 1 N–H and O–H groups in total. The Morgan fingerprint density at radius 3 is 3.00 bits per heavy atom. The minimum Gasteiger partial charge on any atom is -0.506 e. The van der Waals surface area contributed by atoms with Gasteiger partial charge in [-0.2, -0.15) is 0 Å². The smallest absolute Gasteiger partial charge is 0.133 e. The van der Waals surface area contributed by atoms with Crippen LogP contribution in [0.5, 0.6) is 5.75 Å². The molecule has 1 aliphatic heterocycles. The minimum absolute atomic E-state index is 0.241. The van der Waals surface area contributed by atoms with Gasteiger partial charge in [0.25, 0.3) is 0 Å². The highest BCUT2D eigenvalue weighted by Gasteiger charge is 2.18. The zero-order chi connectivity index (χ0) is 10.7. The Bertz CT molecular complexity index is 310. The van der Waals surface area contributed by atoms with Gasteiger partial charge in [-0.3, -0.25) is 9.88 Å². The van der Waals surface area contributed by atoms with Crippen LogP contribution < -0.4 is 0 Å². The Balaban J connectivity index is 1.98. The van der Waals surface area contributed by atoms with Crippen molar-refractivity contribution in [2.75, 3.05) is 6.54 Å². The first-order valence-electron chi connectivity index (χ1n) is 5.63. The Kier molecular flexibility index (Phi) is 3.21. The number of likely N-dealkylation sites (tertiary alicyclic amines) is 1. The second kappa shape index (κ2) is 4.62. The van der Waals surface area contributed by atoms with Crippen LogP contribution in [0.2, 0.25) is 0 Å². The second-order valence-corrected chi connectivity index (χ2v) is 4.32. The van der Waals surface area contributed by atoms with Crippen LogP contribution in [0.1, 0.15) is 31.9 Å². The number of hydrogen-bond donors (Lipinski definition) is 1. The Morgan fingerprint density at radius 1 is 1.47 bits per heavy atom. The van der Waals surface area contributed by atoms with Crippen molar-refractivity contribution in [1.82, 2.24) is 9.88 Å². The molecule has 2 rings (SSSR count). The zero-order valence-electron chi connectivity index (χ0n) is 9.19. The summed E-state index contributed by atoms with van der Waals surface area (Å²) in [5.41, 5.74) is 1.04. The van der Waals surface area contributed by atoms with E-state index in [4.69, 9.17) is 5.11 Å². The first kappa shape index (κ1) is 10.4. The van der Waals surface area contributed by atoms with Crippen LogP contribution in [0, 0.1) is 0 Å². The number of nitrogens with zero attached hydrogens (tertiary/aromatic N) is 2. The third kappa shape index (κ3) is 2.69. The lowest BCUT2D eigenvalue weighted by Gasteiger charge is -2.32. The molecule has 82 valence electrons. The van der Waals surface area contributed by atoms with Gasteiger partial charge < -0.3 is 5.11 Å². The van der Waals surface area contributed by atoms with Crippen molar-refractivity contribution >= 4 is 0 Å². The van der Waals surface area contributed by atoms with E-state index in [2.05, 4.69) is 16.8 Å². The Labute approximate surface area is 90.8 Å². The van der Waals surface area contributed by atoms with Crippen LogP contribution in [-0.4, -0.2) is 27.6 Å². The van der Waals surface area contributed by atoms with Gasteiger partial charge in [0.2, 0.25) is 0 Å². The molecule has 0 aliphatic carbocycles. The molecule has 1 aromatic rings. The summed E-state index contributed by atoms with van der Waals surface area (Å²) >= 11 is 0. The quantitative estimate of drug-likeness (QED) is 0.805. The molecule has 1 fully saturated rings. The van der Waals surface area contributed by atoms with Crippen LogP contribution in [0.25, 0.3) is 0 Å². The van der Waals surface area contributed by atoms with Gasteiger partial charge in [-0.25, -0.2) is 0 Å². The summed E-state index contributed by atoms with van der Waals surface area (Å²) < 4.78 is 0. The van der Waals surface area contributed by atoms with E-state index in [1.54, 1.807) is 6.07 Å². The topological polar surface area (TPSA) is 36.4 Å². The Morgan fingerprint density at radius 2 is 2.33 bits per heavy atom. The normalized spacial score (nSPS) is 22.9. The largest absolute Gasteiger partial charge is 0.506 e. The zero-order valence-corrected chi connectivity index (χ0v) is 9.19. The van der Waals surface area contributed by atoms with Gasteiger partial charge in [0.05, 0.1) is 11.9 Å². The first-order valence-corrected chi connectivity index (χ1v) is 5.63. The molecule has 0 saturated carbocycles. The fourth-order valence-corrected chi connectivity index (χ4v) is 2.11. The fraction of sp³-hybridized carbons (Fsp3) is 0.583. The molecule has 1 unspecified atom stereocenters. The summed E-state index contributed by atoms with van der Waals surface area (Å²) in [6, 6.07) is 4.27. The van der Waals surface area contributed by atoms with Crippen LogP contribution in [-0.2, 0) is 6.54 Å². The molecular weight excluding hydrogens is 188 g/mol. The average molecular weight is 206 g/mol. The fourth-order valence-electron chi connectivity index (χ4n) is 2.11. The van der Waals surface area contributed by atoms with E-state index < -0.39 is 0 Å². The molecule has 0 aromatic carbocycles. The number of rotatable bonds is 2. The van der Waals surface area contributed by atoms with Gasteiger partial charge >= 0.3 is 0 Å². The SMILES string of the molecule is CC1CCCCN1Cc1ccc(O)cn1. The molecule has 1 aliphatic rings. The number of aromatic nitrogens is 1. The summed E-state index contributed by atoms with van der Waals surface area (Å²) in [6.45, 7) is 4.35. The van der Waals surface area contributed by atoms with Crippen LogP contribution in [0.3, 0.4) is 0 Å². The molecule has 15 heavy (non-hydrogen) atoms. The van der Waals surface area contributed by atoms with E-state index in [0.29, 0.717) is 6.04 Å². The predicted molar refractivity (Wildman–Crippen MR) is 59.6 cm³/mol. The molecule has 1 saturated heterocycles. The Hall–Kier alpha value is -1.09. The lowest BCUT2D eigenvalue weighted by molar-refractivity contribution is 0.151. The van der Waals surface area contributed by atoms with Crippen molar-refractivity contribution in [2.24, 2.45) is 0 Å². The first-order chi connectivity index (χ1) is 7.25. The van der Waals surface area contributed by atoms with Crippen molar-refractivity contribution in [3.63, 3.8) is 0 Å². The molecule has 1 atom stereocenters. The van der Waals surface area contributed by atoms with Crippen molar-refractivity contribution in [3.8, 4) is 5.75 Å². The number of pyridine rings is 1. The van der Waals surface area contributed by atoms with Crippen LogP contribution in [0.15, 0.2) is 18.3 Å². The average Bonchev–Trinajstić information content (AvgIpc) is 2.25. The molecule has 3 heteroatoms. The molecule has 0 amide bonds. The number of aromatic hydroxyl groups is 1. The highest BCUT2D eigenvalue weighted by atomic mass is 16.3. The van der Waals surface area contributed by atoms with Crippen molar-refractivity contribution in [1.29, 1.82) is 0 Å². The van der Waals surface area contributed by atoms with Crippen LogP contribution >= 0.6 is 0 Å². The maximum absolute atomic E-state index is 9.14. The van der Waals surface area contributed by atoms with E-state index in [1.807, 2.05) is 6.07 Å². The van der Waals surface area contributed by atoms with Gasteiger partial charge in [-0.1, -0.05) is 6.42 Å². The summed E-state index contributed by atoms with van der Waals surface area (Å²) in [4.78, 5) is 6.68. The van der Waals surface area contributed by atoms with E-state index >= 15 is 0 Å².